The zero-order chi connectivity index (χ0) is 30.2. The molecule has 0 spiro atoms. The molecular weight excluding hydrogens is 593 g/mol. The van der Waals surface area contributed by atoms with E-state index >= 15 is 0 Å². The van der Waals surface area contributed by atoms with Crippen molar-refractivity contribution in [1.82, 2.24) is 10.2 Å². The molecule has 9 nitrogen and oxygen atoms in total. The third kappa shape index (κ3) is 5.51. The maximum atomic E-state index is 13.6. The molecule has 2 aliphatic heterocycles. The van der Waals surface area contributed by atoms with Gasteiger partial charge in [-0.15, -0.1) is 10.2 Å². The first-order chi connectivity index (χ1) is 20.7. The van der Waals surface area contributed by atoms with E-state index in [0.29, 0.717) is 33.4 Å². The van der Waals surface area contributed by atoms with Crippen molar-refractivity contribution in [3.63, 3.8) is 0 Å². The molecule has 0 radical (unpaired) electrons. The summed E-state index contributed by atoms with van der Waals surface area (Å²) in [4.78, 5) is 40.4. The Morgan fingerprint density at radius 1 is 1.09 bits per heavy atom. The van der Waals surface area contributed by atoms with E-state index in [1.54, 1.807) is 42.5 Å². The molecule has 2 unspecified atom stereocenters. The van der Waals surface area contributed by atoms with Gasteiger partial charge in [-0.25, -0.2) is 9.18 Å². The molecule has 1 saturated heterocycles. The van der Waals surface area contributed by atoms with Crippen LogP contribution >= 0.6 is 23.1 Å². The molecule has 1 N–H and O–H groups in total. The van der Waals surface area contributed by atoms with Crippen molar-refractivity contribution in [2.24, 2.45) is 0 Å². The SMILES string of the molecule is COC(=O)c1ccc(C2C(=C(O)c3ccc4c(c3)CC(C)O4)C(=O)C(=O)N2c2nnc(SCc3ccc(F)cc3)s2)cc1. The topological polar surface area (TPSA) is 119 Å². The number of anilines is 1. The summed E-state index contributed by atoms with van der Waals surface area (Å²) in [7, 11) is 1.27. The number of fused-ring (bicyclic) bond motifs is 1. The lowest BCUT2D eigenvalue weighted by Gasteiger charge is -2.22. The van der Waals surface area contributed by atoms with Gasteiger partial charge in [0.25, 0.3) is 5.78 Å². The van der Waals surface area contributed by atoms with Crippen LogP contribution in [0.1, 0.15) is 45.6 Å². The third-order valence-corrected chi connectivity index (χ3v) is 9.27. The van der Waals surface area contributed by atoms with Crippen molar-refractivity contribution in [3.8, 4) is 5.75 Å². The van der Waals surface area contributed by atoms with E-state index in [1.165, 1.54) is 48.0 Å². The Balaban J connectivity index is 1.39. The summed E-state index contributed by atoms with van der Waals surface area (Å²) in [5, 5.41) is 20.1. The summed E-state index contributed by atoms with van der Waals surface area (Å²) in [6.45, 7) is 1.94. The number of aliphatic hydroxyl groups excluding tert-OH is 1. The van der Waals surface area contributed by atoms with E-state index in [2.05, 4.69) is 10.2 Å². The summed E-state index contributed by atoms with van der Waals surface area (Å²) in [5.74, 6) is -1.74. The number of aromatic nitrogens is 2. The van der Waals surface area contributed by atoms with E-state index in [1.807, 2.05) is 6.92 Å². The zero-order valence-corrected chi connectivity index (χ0v) is 24.6. The summed E-state index contributed by atoms with van der Waals surface area (Å²) in [6.07, 6.45) is 0.630. The number of halogens is 1. The predicted molar refractivity (Wildman–Crippen MR) is 159 cm³/mol. The van der Waals surface area contributed by atoms with E-state index in [-0.39, 0.29) is 33.9 Å². The van der Waals surface area contributed by atoms with Gasteiger partial charge in [0.1, 0.15) is 23.4 Å². The number of hydrogen-bond donors (Lipinski definition) is 1. The first-order valence-corrected chi connectivity index (χ1v) is 15.0. The van der Waals surface area contributed by atoms with Crippen molar-refractivity contribution in [1.29, 1.82) is 0 Å². The fourth-order valence-electron chi connectivity index (χ4n) is 5.07. The predicted octanol–water partition coefficient (Wildman–Crippen LogP) is 5.71. The second-order valence-corrected chi connectivity index (χ2v) is 12.2. The highest BCUT2D eigenvalue weighted by Gasteiger charge is 2.48. The number of thioether (sulfide) groups is 1. The molecule has 1 fully saturated rings. The van der Waals surface area contributed by atoms with Gasteiger partial charge in [0.05, 0.1) is 24.3 Å². The number of esters is 1. The van der Waals surface area contributed by atoms with Gasteiger partial charge >= 0.3 is 11.9 Å². The number of rotatable bonds is 7. The molecule has 2 atom stereocenters. The Morgan fingerprint density at radius 3 is 2.53 bits per heavy atom. The fourth-order valence-corrected chi connectivity index (χ4v) is 6.90. The van der Waals surface area contributed by atoms with Crippen molar-refractivity contribution in [3.05, 3.63) is 106 Å². The Morgan fingerprint density at radius 2 is 1.81 bits per heavy atom. The van der Waals surface area contributed by atoms with Crippen LogP contribution in [0.5, 0.6) is 5.75 Å². The highest BCUT2D eigenvalue weighted by atomic mass is 32.2. The van der Waals surface area contributed by atoms with E-state index in [0.717, 1.165) is 22.5 Å². The molecule has 1 aromatic heterocycles. The summed E-state index contributed by atoms with van der Waals surface area (Å²) >= 11 is 2.48. The number of benzene rings is 3. The number of carbonyl (C=O) groups excluding carboxylic acids is 3. The monoisotopic (exact) mass is 617 g/mol. The van der Waals surface area contributed by atoms with Crippen LogP contribution in [0.15, 0.2) is 76.6 Å². The molecular formula is C31H24FN3O6S2. The third-order valence-electron chi connectivity index (χ3n) is 7.14. The number of aliphatic hydroxyl groups is 1. The Labute approximate surface area is 254 Å². The number of hydrogen-bond acceptors (Lipinski definition) is 10. The van der Waals surface area contributed by atoms with Crippen LogP contribution in [-0.2, 0) is 26.5 Å². The van der Waals surface area contributed by atoms with Gasteiger partial charge in [0.2, 0.25) is 5.13 Å². The summed E-state index contributed by atoms with van der Waals surface area (Å²) in [5.41, 5.74) is 2.78. The lowest BCUT2D eigenvalue weighted by atomic mass is 9.94. The molecule has 218 valence electrons. The second-order valence-electron chi connectivity index (χ2n) is 10.0. The maximum absolute atomic E-state index is 13.6. The molecule has 6 rings (SSSR count). The molecule has 3 aromatic carbocycles. The fraction of sp³-hybridized carbons (Fsp3) is 0.194. The lowest BCUT2D eigenvalue weighted by Crippen LogP contribution is -2.29. The van der Waals surface area contributed by atoms with E-state index < -0.39 is 23.7 Å². The Kier molecular flexibility index (Phi) is 7.72. The quantitative estimate of drug-likeness (QED) is 0.0695. The van der Waals surface area contributed by atoms with Crippen LogP contribution in [0, 0.1) is 5.82 Å². The minimum Gasteiger partial charge on any atom is -0.507 e. The van der Waals surface area contributed by atoms with Crippen LogP contribution < -0.4 is 9.64 Å². The molecule has 0 bridgehead atoms. The highest BCUT2D eigenvalue weighted by Crippen LogP contribution is 2.44. The van der Waals surface area contributed by atoms with Gasteiger partial charge in [-0.2, -0.15) is 0 Å². The summed E-state index contributed by atoms with van der Waals surface area (Å²) < 4.78 is 24.4. The standard InChI is InChI=1S/C31H24FN3O6S2/c1-16-13-21-14-20(9-12-23(21)41-16)26(36)24-25(18-5-7-19(8-6-18)29(39)40-2)35(28(38)27(24)37)30-33-34-31(43-30)42-15-17-3-10-22(32)11-4-17/h3-12,14,16,25,36H,13,15H2,1-2H3. The van der Waals surface area contributed by atoms with E-state index in [4.69, 9.17) is 9.47 Å². The molecule has 1 amide bonds. The van der Waals surface area contributed by atoms with Crippen molar-refractivity contribution < 1.29 is 33.4 Å². The van der Waals surface area contributed by atoms with Gasteiger partial charge in [-0.05, 0) is 66.1 Å². The molecule has 2 aliphatic rings. The van der Waals surface area contributed by atoms with Crippen LogP contribution in [0.3, 0.4) is 0 Å². The Hall–Kier alpha value is -4.55. The zero-order valence-electron chi connectivity index (χ0n) is 22.9. The van der Waals surface area contributed by atoms with Crippen LogP contribution in [0.4, 0.5) is 9.52 Å². The van der Waals surface area contributed by atoms with Gasteiger partial charge in [-0.3, -0.25) is 14.5 Å². The Bertz CT molecular complexity index is 1770. The maximum Gasteiger partial charge on any atom is 0.337 e. The second kappa shape index (κ2) is 11.6. The summed E-state index contributed by atoms with van der Waals surface area (Å²) in [6, 6.07) is 16.5. The lowest BCUT2D eigenvalue weighted by molar-refractivity contribution is -0.132. The minimum atomic E-state index is -1.04. The number of ketones is 1. The first kappa shape index (κ1) is 28.6. The molecule has 0 saturated carbocycles. The van der Waals surface area contributed by atoms with E-state index in [9.17, 15) is 23.9 Å². The van der Waals surface area contributed by atoms with Crippen LogP contribution in [0.2, 0.25) is 0 Å². The number of carbonyl (C=O) groups is 3. The molecule has 12 heteroatoms. The molecule has 4 aromatic rings. The van der Waals surface area contributed by atoms with Gasteiger partial charge < -0.3 is 14.6 Å². The normalized spacial score (nSPS) is 18.9. The van der Waals surface area contributed by atoms with Crippen molar-refractivity contribution >= 4 is 51.6 Å². The van der Waals surface area contributed by atoms with Crippen molar-refractivity contribution in [2.75, 3.05) is 12.0 Å². The highest BCUT2D eigenvalue weighted by molar-refractivity contribution is 8.00. The molecule has 3 heterocycles. The average Bonchev–Trinajstić information content (AvgIpc) is 3.71. The van der Waals surface area contributed by atoms with Crippen LogP contribution in [-0.4, -0.2) is 46.2 Å². The number of ether oxygens (including phenoxy) is 2. The van der Waals surface area contributed by atoms with Crippen molar-refractivity contribution in [2.45, 2.75) is 35.6 Å². The minimum absolute atomic E-state index is 0.0150. The first-order valence-electron chi connectivity index (χ1n) is 13.2. The number of nitrogens with zero attached hydrogens (tertiary/aromatic N) is 3. The van der Waals surface area contributed by atoms with Gasteiger partial charge in [0, 0.05) is 17.7 Å². The number of amides is 1. The smallest absolute Gasteiger partial charge is 0.337 e. The number of methoxy groups -OCH3 is 1. The molecule has 0 aliphatic carbocycles. The number of Topliss-reactive ketones (excluding diaryl/α,β-unsaturated/α-hetero) is 1. The van der Waals surface area contributed by atoms with Gasteiger partial charge in [0.15, 0.2) is 4.34 Å². The average molecular weight is 618 g/mol. The van der Waals surface area contributed by atoms with Crippen LogP contribution in [0.25, 0.3) is 5.76 Å². The van der Waals surface area contributed by atoms with Gasteiger partial charge in [-0.1, -0.05) is 47.4 Å². The molecule has 43 heavy (non-hydrogen) atoms. The largest absolute Gasteiger partial charge is 0.507 e.